The molecular formula is C32H39N5O4. The maximum absolute atomic E-state index is 13.7. The van der Waals surface area contributed by atoms with E-state index < -0.39 is 6.03 Å². The number of carbonyl (C=O) groups excluding carboxylic acids is 1. The van der Waals surface area contributed by atoms with Gasteiger partial charge in [0, 0.05) is 41.9 Å². The van der Waals surface area contributed by atoms with E-state index in [2.05, 4.69) is 43.4 Å². The van der Waals surface area contributed by atoms with Crippen molar-refractivity contribution in [2.24, 2.45) is 0 Å². The van der Waals surface area contributed by atoms with Gasteiger partial charge in [-0.25, -0.2) is 4.79 Å². The minimum Gasteiger partial charge on any atom is -0.497 e. The van der Waals surface area contributed by atoms with Gasteiger partial charge in [-0.15, -0.1) is 0 Å². The van der Waals surface area contributed by atoms with E-state index in [0.29, 0.717) is 41.4 Å². The first-order valence-corrected chi connectivity index (χ1v) is 13.8. The Morgan fingerprint density at radius 1 is 0.976 bits per heavy atom. The number of nitrogens with one attached hydrogen (secondary N) is 2. The van der Waals surface area contributed by atoms with Crippen molar-refractivity contribution in [3.8, 4) is 22.6 Å². The molecule has 0 spiro atoms. The molecule has 41 heavy (non-hydrogen) atoms. The van der Waals surface area contributed by atoms with Gasteiger partial charge in [-0.2, -0.15) is 5.10 Å². The van der Waals surface area contributed by atoms with Crippen LogP contribution in [0.1, 0.15) is 51.7 Å². The van der Waals surface area contributed by atoms with Crippen LogP contribution < -0.4 is 25.7 Å². The average Bonchev–Trinajstić information content (AvgIpc) is 3.45. The zero-order chi connectivity index (χ0) is 29.6. The van der Waals surface area contributed by atoms with Gasteiger partial charge in [0.15, 0.2) is 0 Å². The SMILES string of the molecule is CCCCn1ccc(-c2cc(OC)ccc2OC)c(NC(=O)Nc2cc(Cn3cccn3)ccc2C(C)(C)C)c1=O. The molecule has 4 aromatic rings. The summed E-state index contributed by atoms with van der Waals surface area (Å²) < 4.78 is 14.5. The number of nitrogens with zero attached hydrogens (tertiary/aromatic N) is 3. The van der Waals surface area contributed by atoms with E-state index in [0.717, 1.165) is 24.0 Å². The van der Waals surface area contributed by atoms with Crippen LogP contribution in [-0.2, 0) is 18.5 Å². The molecule has 0 atom stereocenters. The Kier molecular flexibility index (Phi) is 9.17. The Labute approximate surface area is 241 Å². The molecule has 216 valence electrons. The van der Waals surface area contributed by atoms with Crippen molar-refractivity contribution >= 4 is 17.4 Å². The van der Waals surface area contributed by atoms with Gasteiger partial charge in [0.05, 0.1) is 20.8 Å². The van der Waals surface area contributed by atoms with E-state index in [1.165, 1.54) is 0 Å². The zero-order valence-corrected chi connectivity index (χ0v) is 24.7. The number of aryl methyl sites for hydroxylation is 1. The number of ether oxygens (including phenoxy) is 2. The fourth-order valence-corrected chi connectivity index (χ4v) is 4.74. The molecule has 2 aromatic carbocycles. The van der Waals surface area contributed by atoms with Crippen LogP contribution in [0.25, 0.3) is 11.1 Å². The van der Waals surface area contributed by atoms with E-state index in [-0.39, 0.29) is 16.7 Å². The summed E-state index contributed by atoms with van der Waals surface area (Å²) in [4.78, 5) is 27.3. The van der Waals surface area contributed by atoms with Crippen LogP contribution in [0.5, 0.6) is 11.5 Å². The third-order valence-corrected chi connectivity index (χ3v) is 6.90. The summed E-state index contributed by atoms with van der Waals surface area (Å²) in [6, 6.07) is 14.6. The molecule has 0 bridgehead atoms. The number of carbonyl (C=O) groups is 1. The molecule has 4 rings (SSSR count). The number of benzene rings is 2. The fourth-order valence-electron chi connectivity index (χ4n) is 4.74. The van der Waals surface area contributed by atoms with Gasteiger partial charge in [-0.3, -0.25) is 9.48 Å². The Bertz CT molecular complexity index is 1550. The monoisotopic (exact) mass is 557 g/mol. The van der Waals surface area contributed by atoms with Crippen LogP contribution in [0.3, 0.4) is 0 Å². The third kappa shape index (κ3) is 6.98. The summed E-state index contributed by atoms with van der Waals surface area (Å²) in [6.45, 7) is 9.46. The summed E-state index contributed by atoms with van der Waals surface area (Å²) in [5.74, 6) is 1.16. The van der Waals surface area contributed by atoms with Crippen molar-refractivity contribution in [2.45, 2.75) is 59.0 Å². The number of methoxy groups -OCH3 is 2. The second-order valence-corrected chi connectivity index (χ2v) is 10.9. The third-order valence-electron chi connectivity index (χ3n) is 6.90. The first-order valence-electron chi connectivity index (χ1n) is 13.8. The summed E-state index contributed by atoms with van der Waals surface area (Å²) in [6.07, 6.45) is 7.16. The second kappa shape index (κ2) is 12.8. The molecule has 0 saturated carbocycles. The highest BCUT2D eigenvalue weighted by Crippen LogP contribution is 2.37. The number of amides is 2. The van der Waals surface area contributed by atoms with Crippen molar-refractivity contribution in [2.75, 3.05) is 24.9 Å². The number of rotatable bonds is 10. The van der Waals surface area contributed by atoms with Crippen LogP contribution in [0.4, 0.5) is 16.2 Å². The number of hydrogen-bond donors (Lipinski definition) is 2. The molecule has 0 aliphatic heterocycles. The summed E-state index contributed by atoms with van der Waals surface area (Å²) in [5, 5.41) is 10.2. The highest BCUT2D eigenvalue weighted by molar-refractivity contribution is 6.03. The molecule has 2 aromatic heterocycles. The first-order chi connectivity index (χ1) is 19.6. The lowest BCUT2D eigenvalue weighted by molar-refractivity contribution is 0.262. The lowest BCUT2D eigenvalue weighted by Gasteiger charge is -2.24. The Balaban J connectivity index is 1.74. The van der Waals surface area contributed by atoms with Crippen LogP contribution in [0, 0.1) is 0 Å². The molecule has 0 unspecified atom stereocenters. The van der Waals surface area contributed by atoms with E-state index in [4.69, 9.17) is 9.47 Å². The molecule has 0 aliphatic carbocycles. The van der Waals surface area contributed by atoms with Gasteiger partial charge in [-0.1, -0.05) is 46.2 Å². The molecule has 2 N–H and O–H groups in total. The van der Waals surface area contributed by atoms with E-state index in [1.807, 2.05) is 41.2 Å². The molecule has 2 heterocycles. The minimum absolute atomic E-state index is 0.165. The molecule has 2 amide bonds. The summed E-state index contributed by atoms with van der Waals surface area (Å²) >= 11 is 0. The lowest BCUT2D eigenvalue weighted by Crippen LogP contribution is -2.29. The van der Waals surface area contributed by atoms with Crippen molar-refractivity contribution in [1.29, 1.82) is 0 Å². The zero-order valence-electron chi connectivity index (χ0n) is 24.7. The van der Waals surface area contributed by atoms with Gasteiger partial charge in [0.25, 0.3) is 5.56 Å². The predicted octanol–water partition coefficient (Wildman–Crippen LogP) is 6.52. The number of pyridine rings is 1. The van der Waals surface area contributed by atoms with Crippen molar-refractivity contribution < 1.29 is 14.3 Å². The molecular weight excluding hydrogens is 518 g/mol. The standard InChI is InChI=1S/C32H39N5O4/c1-7-8-16-36-18-14-24(25-20-23(40-5)11-13-28(25)41-6)29(30(36)38)35-31(39)34-27-19-22(21-37-17-9-15-33-37)10-12-26(27)32(2,3)4/h9-15,17-20H,7-8,16,21H2,1-6H3,(H2,34,35,39). The lowest BCUT2D eigenvalue weighted by atomic mass is 9.85. The van der Waals surface area contributed by atoms with E-state index in [9.17, 15) is 9.59 Å². The van der Waals surface area contributed by atoms with Crippen LogP contribution >= 0.6 is 0 Å². The minimum atomic E-state index is -0.514. The quantitative estimate of drug-likeness (QED) is 0.231. The van der Waals surface area contributed by atoms with Crippen LogP contribution in [0.15, 0.2) is 71.9 Å². The number of urea groups is 1. The Hall–Kier alpha value is -4.53. The predicted molar refractivity (Wildman–Crippen MR) is 163 cm³/mol. The molecule has 0 radical (unpaired) electrons. The summed E-state index contributed by atoms with van der Waals surface area (Å²) in [7, 11) is 3.14. The number of unbranched alkanes of at least 4 members (excludes halogenated alkanes) is 1. The van der Waals surface area contributed by atoms with Crippen LogP contribution in [0.2, 0.25) is 0 Å². The number of anilines is 2. The highest BCUT2D eigenvalue weighted by atomic mass is 16.5. The fraction of sp³-hybridized carbons (Fsp3) is 0.344. The number of aromatic nitrogens is 3. The Morgan fingerprint density at radius 3 is 2.44 bits per heavy atom. The van der Waals surface area contributed by atoms with Crippen molar-refractivity contribution in [1.82, 2.24) is 14.3 Å². The summed E-state index contributed by atoms with van der Waals surface area (Å²) in [5.41, 5.74) is 3.45. The van der Waals surface area contributed by atoms with Crippen molar-refractivity contribution in [3.63, 3.8) is 0 Å². The number of hydrogen-bond acceptors (Lipinski definition) is 5. The van der Waals surface area contributed by atoms with Gasteiger partial charge in [0.2, 0.25) is 0 Å². The van der Waals surface area contributed by atoms with E-state index in [1.54, 1.807) is 49.4 Å². The van der Waals surface area contributed by atoms with Crippen molar-refractivity contribution in [3.05, 3.63) is 88.6 Å². The smallest absolute Gasteiger partial charge is 0.323 e. The maximum Gasteiger partial charge on any atom is 0.323 e. The van der Waals surface area contributed by atoms with E-state index >= 15 is 0 Å². The van der Waals surface area contributed by atoms with Gasteiger partial charge >= 0.3 is 6.03 Å². The topological polar surface area (TPSA) is 99.4 Å². The molecule has 0 saturated heterocycles. The molecule has 9 heteroatoms. The average molecular weight is 558 g/mol. The van der Waals surface area contributed by atoms with Gasteiger partial charge < -0.3 is 24.7 Å². The molecule has 0 fully saturated rings. The maximum atomic E-state index is 13.7. The normalized spacial score (nSPS) is 11.3. The first kappa shape index (κ1) is 29.5. The highest BCUT2D eigenvalue weighted by Gasteiger charge is 2.22. The van der Waals surface area contributed by atoms with Gasteiger partial charge in [-0.05, 0) is 59.4 Å². The van der Waals surface area contributed by atoms with Crippen LogP contribution in [-0.4, -0.2) is 34.6 Å². The molecule has 0 aliphatic rings. The second-order valence-electron chi connectivity index (χ2n) is 10.9. The van der Waals surface area contributed by atoms with Gasteiger partial charge in [0.1, 0.15) is 17.2 Å². The Morgan fingerprint density at radius 2 is 1.78 bits per heavy atom. The molecule has 9 nitrogen and oxygen atoms in total. The largest absolute Gasteiger partial charge is 0.497 e.